The number of likely N-dealkylation sites (N-methyl/N-ethyl adjacent to an activating group) is 1. The first-order valence-corrected chi connectivity index (χ1v) is 9.16. The minimum Gasteiger partial charge on any atom is -0.493 e. The van der Waals surface area contributed by atoms with Crippen LogP contribution in [-0.4, -0.2) is 63.3 Å². The summed E-state index contributed by atoms with van der Waals surface area (Å²) in [6, 6.07) is 8.28. The van der Waals surface area contributed by atoms with Gasteiger partial charge in [0.25, 0.3) is 0 Å². The molecule has 0 radical (unpaired) electrons. The molecular formula is C19H32N4O2. The Kier molecular flexibility index (Phi) is 7.85. The molecular weight excluding hydrogens is 316 g/mol. The Labute approximate surface area is 151 Å². The number of ether oxygens (including phenoxy) is 2. The number of hydrogen-bond acceptors (Lipinski definition) is 4. The van der Waals surface area contributed by atoms with E-state index in [9.17, 15) is 0 Å². The van der Waals surface area contributed by atoms with Gasteiger partial charge in [-0.15, -0.1) is 0 Å². The van der Waals surface area contributed by atoms with Gasteiger partial charge in [0.15, 0.2) is 17.5 Å². The van der Waals surface area contributed by atoms with Crippen molar-refractivity contribution in [1.29, 1.82) is 0 Å². The monoisotopic (exact) mass is 348 g/mol. The molecule has 6 heteroatoms. The van der Waals surface area contributed by atoms with Crippen molar-refractivity contribution in [3.8, 4) is 11.5 Å². The number of nitrogens with zero attached hydrogens (tertiary/aromatic N) is 2. The van der Waals surface area contributed by atoms with Crippen molar-refractivity contribution in [2.24, 2.45) is 4.99 Å². The Bertz CT molecular complexity index is 550. The van der Waals surface area contributed by atoms with Crippen LogP contribution < -0.4 is 20.1 Å². The van der Waals surface area contributed by atoms with Crippen LogP contribution in [0.25, 0.3) is 0 Å². The van der Waals surface area contributed by atoms with Crippen molar-refractivity contribution < 1.29 is 9.47 Å². The summed E-state index contributed by atoms with van der Waals surface area (Å²) in [5.74, 6) is 2.34. The number of likely N-dealkylation sites (tertiary alicyclic amines) is 1. The maximum Gasteiger partial charge on any atom is 0.191 e. The number of rotatable bonds is 8. The smallest absolute Gasteiger partial charge is 0.191 e. The second-order valence-corrected chi connectivity index (χ2v) is 6.46. The molecule has 1 aromatic carbocycles. The summed E-state index contributed by atoms with van der Waals surface area (Å²) in [6.45, 7) is 7.62. The van der Waals surface area contributed by atoms with Crippen molar-refractivity contribution in [3.63, 3.8) is 0 Å². The lowest BCUT2D eigenvalue weighted by Gasteiger charge is -2.21. The zero-order valence-electron chi connectivity index (χ0n) is 15.9. The number of guanidine groups is 1. The molecule has 0 aromatic heterocycles. The quantitative estimate of drug-likeness (QED) is 0.557. The summed E-state index contributed by atoms with van der Waals surface area (Å²) in [5.41, 5.74) is 0. The molecule has 0 bridgehead atoms. The van der Waals surface area contributed by atoms with Gasteiger partial charge < -0.3 is 25.0 Å². The molecule has 1 aliphatic heterocycles. The van der Waals surface area contributed by atoms with E-state index in [4.69, 9.17) is 9.47 Å². The fourth-order valence-corrected chi connectivity index (χ4v) is 2.98. The average Bonchev–Trinajstić information content (AvgIpc) is 3.03. The van der Waals surface area contributed by atoms with Gasteiger partial charge in [0.05, 0.1) is 13.7 Å². The third-order valence-electron chi connectivity index (χ3n) is 4.42. The Balaban J connectivity index is 1.86. The molecule has 6 nitrogen and oxygen atoms in total. The van der Waals surface area contributed by atoms with E-state index in [1.54, 1.807) is 7.11 Å². The Morgan fingerprint density at radius 3 is 2.72 bits per heavy atom. The third-order valence-corrected chi connectivity index (χ3v) is 4.42. The third kappa shape index (κ3) is 6.12. The molecule has 2 N–H and O–H groups in total. The van der Waals surface area contributed by atoms with E-state index >= 15 is 0 Å². The van der Waals surface area contributed by atoms with Crippen LogP contribution in [0.15, 0.2) is 29.3 Å². The average molecular weight is 348 g/mol. The highest BCUT2D eigenvalue weighted by Gasteiger charge is 2.20. The molecule has 1 heterocycles. The van der Waals surface area contributed by atoms with E-state index in [0.29, 0.717) is 12.6 Å². The van der Waals surface area contributed by atoms with Gasteiger partial charge in [-0.05, 0) is 52.4 Å². The molecule has 1 aromatic rings. The summed E-state index contributed by atoms with van der Waals surface area (Å²) in [5, 5.41) is 6.76. The molecule has 0 amide bonds. The standard InChI is InChI=1S/C19H32N4O2/c1-5-20-19(22-14-16-9-8-12-23(16)3)21-13-15(2)25-18-11-7-6-10-17(18)24-4/h6-7,10-11,15-16H,5,8-9,12-14H2,1-4H3,(H2,20,21,22). The van der Waals surface area contributed by atoms with Crippen molar-refractivity contribution in [2.75, 3.05) is 40.3 Å². The van der Waals surface area contributed by atoms with E-state index < -0.39 is 0 Å². The van der Waals surface area contributed by atoms with Gasteiger partial charge in [0.2, 0.25) is 0 Å². The van der Waals surface area contributed by atoms with E-state index in [0.717, 1.165) is 30.5 Å². The van der Waals surface area contributed by atoms with Crippen LogP contribution in [0.3, 0.4) is 0 Å². The molecule has 2 rings (SSSR count). The van der Waals surface area contributed by atoms with E-state index in [2.05, 4.69) is 34.5 Å². The Morgan fingerprint density at radius 2 is 2.08 bits per heavy atom. The lowest BCUT2D eigenvalue weighted by Crippen LogP contribution is -2.44. The van der Waals surface area contributed by atoms with Gasteiger partial charge >= 0.3 is 0 Å². The summed E-state index contributed by atoms with van der Waals surface area (Å²) >= 11 is 0. The minimum absolute atomic E-state index is 0.0408. The first-order chi connectivity index (χ1) is 12.1. The molecule has 140 valence electrons. The van der Waals surface area contributed by atoms with Crippen LogP contribution in [-0.2, 0) is 0 Å². The lowest BCUT2D eigenvalue weighted by atomic mass is 10.2. The van der Waals surface area contributed by atoms with Crippen LogP contribution in [0.2, 0.25) is 0 Å². The highest BCUT2D eigenvalue weighted by atomic mass is 16.5. The van der Waals surface area contributed by atoms with Crippen LogP contribution in [0.4, 0.5) is 0 Å². The highest BCUT2D eigenvalue weighted by Crippen LogP contribution is 2.26. The SMILES string of the molecule is CCNC(=NCC(C)Oc1ccccc1OC)NCC1CCCN1C. The lowest BCUT2D eigenvalue weighted by molar-refractivity contribution is 0.219. The number of para-hydroxylation sites is 2. The van der Waals surface area contributed by atoms with Crippen LogP contribution >= 0.6 is 0 Å². The second-order valence-electron chi connectivity index (χ2n) is 6.46. The largest absolute Gasteiger partial charge is 0.493 e. The molecule has 2 atom stereocenters. The minimum atomic E-state index is -0.0408. The van der Waals surface area contributed by atoms with Crippen molar-refractivity contribution >= 4 is 5.96 Å². The van der Waals surface area contributed by atoms with Crippen LogP contribution in [0, 0.1) is 0 Å². The number of benzene rings is 1. The number of hydrogen-bond donors (Lipinski definition) is 2. The van der Waals surface area contributed by atoms with Crippen LogP contribution in [0.1, 0.15) is 26.7 Å². The topological polar surface area (TPSA) is 58.1 Å². The first-order valence-electron chi connectivity index (χ1n) is 9.16. The van der Waals surface area contributed by atoms with E-state index in [1.165, 1.54) is 19.4 Å². The fraction of sp³-hybridized carbons (Fsp3) is 0.632. The molecule has 1 fully saturated rings. The van der Waals surface area contributed by atoms with Crippen molar-refractivity contribution in [1.82, 2.24) is 15.5 Å². The zero-order valence-corrected chi connectivity index (χ0v) is 15.9. The molecule has 1 aliphatic rings. The van der Waals surface area contributed by atoms with Gasteiger partial charge in [0.1, 0.15) is 6.10 Å². The van der Waals surface area contributed by atoms with Gasteiger partial charge in [-0.1, -0.05) is 12.1 Å². The summed E-state index contributed by atoms with van der Waals surface area (Å²) in [7, 11) is 3.84. The van der Waals surface area contributed by atoms with Crippen molar-refractivity contribution in [3.05, 3.63) is 24.3 Å². The van der Waals surface area contributed by atoms with Gasteiger partial charge in [0, 0.05) is 19.1 Å². The number of aliphatic imine (C=N–C) groups is 1. The highest BCUT2D eigenvalue weighted by molar-refractivity contribution is 5.79. The predicted octanol–water partition coefficient (Wildman–Crippen LogP) is 2.11. The summed E-state index contributed by atoms with van der Waals surface area (Å²) < 4.78 is 11.3. The maximum absolute atomic E-state index is 5.96. The Morgan fingerprint density at radius 1 is 1.32 bits per heavy atom. The number of nitrogens with one attached hydrogen (secondary N) is 2. The van der Waals surface area contributed by atoms with E-state index in [-0.39, 0.29) is 6.10 Å². The van der Waals surface area contributed by atoms with Gasteiger partial charge in [-0.25, -0.2) is 4.99 Å². The van der Waals surface area contributed by atoms with E-state index in [1.807, 2.05) is 31.2 Å². The molecule has 25 heavy (non-hydrogen) atoms. The fourth-order valence-electron chi connectivity index (χ4n) is 2.98. The van der Waals surface area contributed by atoms with Gasteiger partial charge in [-0.3, -0.25) is 0 Å². The predicted molar refractivity (Wildman–Crippen MR) is 103 cm³/mol. The summed E-state index contributed by atoms with van der Waals surface area (Å²) in [4.78, 5) is 7.07. The molecule has 1 saturated heterocycles. The summed E-state index contributed by atoms with van der Waals surface area (Å²) in [6.07, 6.45) is 2.48. The maximum atomic E-state index is 5.96. The number of methoxy groups -OCH3 is 1. The molecule has 0 saturated carbocycles. The molecule has 0 spiro atoms. The Hall–Kier alpha value is -1.95. The molecule has 2 unspecified atom stereocenters. The van der Waals surface area contributed by atoms with Crippen LogP contribution in [0.5, 0.6) is 11.5 Å². The van der Waals surface area contributed by atoms with Crippen molar-refractivity contribution in [2.45, 2.75) is 38.8 Å². The first kappa shape index (κ1) is 19.4. The zero-order chi connectivity index (χ0) is 18.1. The van der Waals surface area contributed by atoms with Gasteiger partial charge in [-0.2, -0.15) is 0 Å². The molecule has 0 aliphatic carbocycles. The normalized spacial score (nSPS) is 19.5. The second kappa shape index (κ2) is 10.1.